The first-order valence-electron chi connectivity index (χ1n) is 3.37. The summed E-state index contributed by atoms with van der Waals surface area (Å²) >= 11 is 4.94. The van der Waals surface area contributed by atoms with Crippen LogP contribution in [0.1, 0.15) is 19.8 Å². The smallest absolute Gasteiger partial charge is 0.329 e. The molecule has 0 aliphatic carbocycles. The van der Waals surface area contributed by atoms with E-state index in [0.717, 1.165) is 12.8 Å². The van der Waals surface area contributed by atoms with E-state index in [0.29, 0.717) is 4.99 Å². The SMILES string of the molecule is CC(=O)ON1C=CCCC1=S. The molecule has 3 nitrogen and oxygen atoms in total. The molecule has 1 aliphatic rings. The second-order valence-electron chi connectivity index (χ2n) is 2.23. The molecule has 0 radical (unpaired) electrons. The van der Waals surface area contributed by atoms with Gasteiger partial charge in [-0.2, -0.15) is 5.06 Å². The lowest BCUT2D eigenvalue weighted by molar-refractivity contribution is -0.162. The topological polar surface area (TPSA) is 29.5 Å². The lowest BCUT2D eigenvalue weighted by atomic mass is 10.2. The van der Waals surface area contributed by atoms with Crippen LogP contribution >= 0.6 is 12.2 Å². The van der Waals surface area contributed by atoms with Crippen LogP contribution < -0.4 is 0 Å². The van der Waals surface area contributed by atoms with Crippen LogP contribution in [0.5, 0.6) is 0 Å². The van der Waals surface area contributed by atoms with Gasteiger partial charge < -0.3 is 4.84 Å². The molecule has 1 rings (SSSR count). The molecular formula is C7H9NO2S. The van der Waals surface area contributed by atoms with Crippen LogP contribution in [0, 0.1) is 0 Å². The van der Waals surface area contributed by atoms with Gasteiger partial charge in [0.15, 0.2) is 0 Å². The first kappa shape index (κ1) is 8.20. The highest BCUT2D eigenvalue weighted by Gasteiger charge is 2.12. The van der Waals surface area contributed by atoms with Crippen LogP contribution in [0.3, 0.4) is 0 Å². The Morgan fingerprint density at radius 3 is 3.09 bits per heavy atom. The van der Waals surface area contributed by atoms with Gasteiger partial charge in [-0.15, -0.1) is 0 Å². The zero-order chi connectivity index (χ0) is 8.27. The molecule has 11 heavy (non-hydrogen) atoms. The fourth-order valence-electron chi connectivity index (χ4n) is 0.790. The van der Waals surface area contributed by atoms with Gasteiger partial charge in [0.1, 0.15) is 4.99 Å². The standard InChI is InChI=1S/C7H9NO2S/c1-6(9)10-8-5-3-2-4-7(8)11/h3,5H,2,4H2,1H3. The Kier molecular flexibility index (Phi) is 2.59. The molecule has 0 fully saturated rings. The Bertz CT molecular complexity index is 212. The van der Waals surface area contributed by atoms with E-state index < -0.39 is 0 Å². The minimum Gasteiger partial charge on any atom is -0.336 e. The van der Waals surface area contributed by atoms with Crippen LogP contribution in [-0.2, 0) is 9.63 Å². The molecular weight excluding hydrogens is 162 g/mol. The summed E-state index contributed by atoms with van der Waals surface area (Å²) in [5.41, 5.74) is 0. The molecule has 0 amide bonds. The number of hydroxylamine groups is 2. The Balaban J connectivity index is 2.55. The first-order valence-corrected chi connectivity index (χ1v) is 3.78. The molecule has 4 heteroatoms. The summed E-state index contributed by atoms with van der Waals surface area (Å²) < 4.78 is 0. The highest BCUT2D eigenvalue weighted by atomic mass is 32.1. The van der Waals surface area contributed by atoms with Crippen LogP contribution in [0.4, 0.5) is 0 Å². The molecule has 0 atom stereocenters. The molecule has 0 unspecified atom stereocenters. The monoisotopic (exact) mass is 171 g/mol. The van der Waals surface area contributed by atoms with E-state index in [1.165, 1.54) is 12.0 Å². The van der Waals surface area contributed by atoms with Crippen LogP contribution in [0.25, 0.3) is 0 Å². The van der Waals surface area contributed by atoms with Gasteiger partial charge in [-0.05, 0) is 6.42 Å². The third-order valence-corrected chi connectivity index (χ3v) is 1.62. The maximum atomic E-state index is 10.5. The molecule has 0 saturated heterocycles. The highest BCUT2D eigenvalue weighted by molar-refractivity contribution is 7.80. The molecule has 0 saturated carbocycles. The maximum Gasteiger partial charge on any atom is 0.329 e. The molecule has 0 aromatic carbocycles. The summed E-state index contributed by atoms with van der Waals surface area (Å²) in [5, 5.41) is 1.33. The van der Waals surface area contributed by atoms with Crippen LogP contribution in [0.15, 0.2) is 12.3 Å². The maximum absolute atomic E-state index is 10.5. The van der Waals surface area contributed by atoms with E-state index in [2.05, 4.69) is 0 Å². The van der Waals surface area contributed by atoms with Crippen molar-refractivity contribution in [2.24, 2.45) is 0 Å². The molecule has 0 N–H and O–H groups in total. The molecule has 0 spiro atoms. The number of rotatable bonds is 1. The van der Waals surface area contributed by atoms with Crippen molar-refractivity contribution in [3.63, 3.8) is 0 Å². The summed E-state index contributed by atoms with van der Waals surface area (Å²) in [6.45, 7) is 1.35. The third-order valence-electron chi connectivity index (χ3n) is 1.24. The molecule has 1 aliphatic heterocycles. The molecule has 60 valence electrons. The van der Waals surface area contributed by atoms with Crippen molar-refractivity contribution < 1.29 is 9.63 Å². The summed E-state index contributed by atoms with van der Waals surface area (Å²) in [4.78, 5) is 15.9. The second-order valence-corrected chi connectivity index (χ2v) is 2.70. The Hall–Kier alpha value is -0.900. The number of nitrogens with zero attached hydrogens (tertiary/aromatic N) is 1. The average Bonchev–Trinajstić information content (AvgIpc) is 1.93. The van der Waals surface area contributed by atoms with Gasteiger partial charge in [0.05, 0.1) is 0 Å². The second kappa shape index (κ2) is 3.48. The lowest BCUT2D eigenvalue weighted by Crippen LogP contribution is -2.28. The van der Waals surface area contributed by atoms with Crippen molar-refractivity contribution in [1.29, 1.82) is 0 Å². The Morgan fingerprint density at radius 1 is 1.82 bits per heavy atom. The summed E-state index contributed by atoms with van der Waals surface area (Å²) in [7, 11) is 0. The number of carbonyl (C=O) groups is 1. The molecule has 0 bridgehead atoms. The fourth-order valence-corrected chi connectivity index (χ4v) is 1.01. The van der Waals surface area contributed by atoms with Crippen molar-refractivity contribution >= 4 is 23.2 Å². The largest absolute Gasteiger partial charge is 0.336 e. The van der Waals surface area contributed by atoms with Gasteiger partial charge in [-0.3, -0.25) is 0 Å². The van der Waals surface area contributed by atoms with Crippen LogP contribution in [0.2, 0.25) is 0 Å². The number of hydrogen-bond acceptors (Lipinski definition) is 3. The van der Waals surface area contributed by atoms with Gasteiger partial charge in [-0.25, -0.2) is 4.79 Å². The quantitative estimate of drug-likeness (QED) is 0.558. The number of carbonyl (C=O) groups excluding carboxylic acids is 1. The predicted molar refractivity (Wildman–Crippen MR) is 44.6 cm³/mol. The van der Waals surface area contributed by atoms with E-state index in [1.54, 1.807) is 6.20 Å². The van der Waals surface area contributed by atoms with E-state index >= 15 is 0 Å². The minimum absolute atomic E-state index is 0.348. The van der Waals surface area contributed by atoms with Gasteiger partial charge in [-0.1, -0.05) is 18.3 Å². The average molecular weight is 171 g/mol. The predicted octanol–water partition coefficient (Wildman–Crippen LogP) is 1.40. The van der Waals surface area contributed by atoms with Crippen LogP contribution in [-0.4, -0.2) is 16.0 Å². The fraction of sp³-hybridized carbons (Fsp3) is 0.429. The molecule has 0 aromatic heterocycles. The van der Waals surface area contributed by atoms with Gasteiger partial charge in [0.2, 0.25) is 0 Å². The number of allylic oxidation sites excluding steroid dienone is 1. The zero-order valence-corrected chi connectivity index (χ0v) is 7.06. The summed E-state index contributed by atoms with van der Waals surface area (Å²) in [6.07, 6.45) is 5.29. The lowest BCUT2D eigenvalue weighted by Gasteiger charge is -2.21. The summed E-state index contributed by atoms with van der Waals surface area (Å²) in [5.74, 6) is -0.348. The van der Waals surface area contributed by atoms with Gasteiger partial charge in [0, 0.05) is 19.5 Å². The Morgan fingerprint density at radius 2 is 2.55 bits per heavy atom. The minimum atomic E-state index is -0.348. The number of thiocarbonyl (C=S) groups is 1. The van der Waals surface area contributed by atoms with E-state index in [9.17, 15) is 4.79 Å². The van der Waals surface area contributed by atoms with E-state index in [4.69, 9.17) is 17.1 Å². The van der Waals surface area contributed by atoms with E-state index in [-0.39, 0.29) is 5.97 Å². The summed E-state index contributed by atoms with van der Waals surface area (Å²) in [6, 6.07) is 0. The van der Waals surface area contributed by atoms with E-state index in [1.807, 2.05) is 6.08 Å². The van der Waals surface area contributed by atoms with Crippen molar-refractivity contribution in [3.05, 3.63) is 12.3 Å². The van der Waals surface area contributed by atoms with Crippen molar-refractivity contribution in [1.82, 2.24) is 5.06 Å². The normalized spacial score (nSPS) is 16.8. The Labute approximate surface area is 70.6 Å². The zero-order valence-electron chi connectivity index (χ0n) is 6.24. The third kappa shape index (κ3) is 2.31. The number of hydrogen-bond donors (Lipinski definition) is 0. The van der Waals surface area contributed by atoms with Crippen molar-refractivity contribution in [2.75, 3.05) is 0 Å². The molecule has 1 heterocycles. The van der Waals surface area contributed by atoms with Gasteiger partial charge >= 0.3 is 5.97 Å². The van der Waals surface area contributed by atoms with Crippen molar-refractivity contribution in [2.45, 2.75) is 19.8 Å². The first-order chi connectivity index (χ1) is 5.20. The van der Waals surface area contributed by atoms with Crippen molar-refractivity contribution in [3.8, 4) is 0 Å². The highest BCUT2D eigenvalue weighted by Crippen LogP contribution is 2.09. The molecule has 0 aromatic rings. The van der Waals surface area contributed by atoms with Gasteiger partial charge in [0.25, 0.3) is 0 Å².